The first kappa shape index (κ1) is 18.6. The summed E-state index contributed by atoms with van der Waals surface area (Å²) in [6.45, 7) is 7.58. The highest BCUT2D eigenvalue weighted by Gasteiger charge is 2.51. The Morgan fingerprint density at radius 3 is 2.73 bits per heavy atom. The topological polar surface area (TPSA) is 65.8 Å². The molecule has 0 unspecified atom stereocenters. The molecule has 6 rings (SSSR count). The van der Waals surface area contributed by atoms with Gasteiger partial charge in [0.1, 0.15) is 5.82 Å². The number of likely N-dealkylation sites (tertiary alicyclic amines) is 1. The van der Waals surface area contributed by atoms with Crippen LogP contribution in [0.15, 0.2) is 12.3 Å². The van der Waals surface area contributed by atoms with E-state index < -0.39 is 0 Å². The van der Waals surface area contributed by atoms with Gasteiger partial charge in [0.2, 0.25) is 5.91 Å². The maximum Gasteiger partial charge on any atom is 0.232 e. The molecule has 1 aliphatic carbocycles. The van der Waals surface area contributed by atoms with Crippen LogP contribution < -0.4 is 10.2 Å². The Labute approximate surface area is 177 Å². The molecule has 7 heteroatoms. The molecule has 3 fully saturated rings. The Morgan fingerprint density at radius 1 is 1.10 bits per heavy atom. The van der Waals surface area contributed by atoms with Gasteiger partial charge < -0.3 is 15.1 Å². The molecular weight excluding hydrogens is 376 g/mol. The van der Waals surface area contributed by atoms with Crippen LogP contribution in [0.2, 0.25) is 0 Å². The van der Waals surface area contributed by atoms with Crippen molar-refractivity contribution in [3.8, 4) is 0 Å². The maximum atomic E-state index is 13.5. The monoisotopic (exact) mass is 408 g/mol. The smallest absolute Gasteiger partial charge is 0.232 e. The highest BCUT2D eigenvalue weighted by molar-refractivity contribution is 5.86. The molecule has 160 valence electrons. The zero-order valence-corrected chi connectivity index (χ0v) is 18.0. The Kier molecular flexibility index (Phi) is 4.14. The number of fused-ring (bicyclic) bond motifs is 2. The summed E-state index contributed by atoms with van der Waals surface area (Å²) in [4.78, 5) is 22.9. The first-order valence-electron chi connectivity index (χ1n) is 11.7. The summed E-state index contributed by atoms with van der Waals surface area (Å²) in [6.07, 6.45) is 10.3. The fraction of sp³-hybridized carbons (Fsp3) is 0.696. The Hall–Kier alpha value is -2.15. The molecule has 1 spiro atoms. The van der Waals surface area contributed by atoms with Crippen molar-refractivity contribution in [2.75, 3.05) is 44.2 Å². The van der Waals surface area contributed by atoms with E-state index in [4.69, 9.17) is 4.98 Å². The number of anilines is 1. The second-order valence-electron chi connectivity index (χ2n) is 10.3. The van der Waals surface area contributed by atoms with E-state index in [9.17, 15) is 4.79 Å². The summed E-state index contributed by atoms with van der Waals surface area (Å²) in [5.41, 5.74) is 3.55. The van der Waals surface area contributed by atoms with Gasteiger partial charge >= 0.3 is 0 Å². The SMILES string of the molecule is CC1(C(=O)N2CCC3(CCCC3)C2)CN(c2c3c(nc4ccnn24)CCNCC3)C1. The predicted molar refractivity (Wildman–Crippen MR) is 116 cm³/mol. The minimum atomic E-state index is -0.289. The van der Waals surface area contributed by atoms with E-state index in [1.807, 2.05) is 16.8 Å². The second kappa shape index (κ2) is 6.67. The van der Waals surface area contributed by atoms with Crippen LogP contribution in [0.1, 0.15) is 50.3 Å². The van der Waals surface area contributed by atoms with E-state index in [1.165, 1.54) is 43.4 Å². The number of nitrogens with zero attached hydrogens (tertiary/aromatic N) is 5. The first-order chi connectivity index (χ1) is 14.6. The highest BCUT2D eigenvalue weighted by Crippen LogP contribution is 2.47. The number of hydrogen-bond acceptors (Lipinski definition) is 5. The van der Waals surface area contributed by atoms with E-state index in [0.29, 0.717) is 11.3 Å². The van der Waals surface area contributed by atoms with Gasteiger partial charge in [-0.2, -0.15) is 9.61 Å². The molecule has 0 bridgehead atoms. The van der Waals surface area contributed by atoms with Crippen LogP contribution >= 0.6 is 0 Å². The van der Waals surface area contributed by atoms with Crippen LogP contribution in [-0.2, 0) is 17.6 Å². The largest absolute Gasteiger partial charge is 0.354 e. The lowest BCUT2D eigenvalue weighted by atomic mass is 9.79. The van der Waals surface area contributed by atoms with Gasteiger partial charge in [-0.3, -0.25) is 4.79 Å². The Bertz CT molecular complexity index is 985. The molecule has 1 N–H and O–H groups in total. The second-order valence-corrected chi connectivity index (χ2v) is 10.3. The lowest BCUT2D eigenvalue weighted by Gasteiger charge is -2.49. The van der Waals surface area contributed by atoms with Crippen molar-refractivity contribution in [2.45, 2.75) is 51.9 Å². The van der Waals surface area contributed by atoms with Crippen molar-refractivity contribution >= 4 is 17.4 Å². The average Bonchev–Trinajstić information content (AvgIpc) is 3.43. The number of carbonyl (C=O) groups excluding carboxylic acids is 1. The van der Waals surface area contributed by atoms with Crippen LogP contribution in [0.3, 0.4) is 0 Å². The molecule has 2 aromatic rings. The zero-order valence-electron chi connectivity index (χ0n) is 18.0. The maximum absolute atomic E-state index is 13.5. The number of nitrogens with one attached hydrogen (secondary N) is 1. The zero-order chi connectivity index (χ0) is 20.3. The van der Waals surface area contributed by atoms with Gasteiger partial charge in [0.05, 0.1) is 17.3 Å². The molecule has 0 radical (unpaired) electrons. The van der Waals surface area contributed by atoms with Crippen molar-refractivity contribution in [2.24, 2.45) is 10.8 Å². The Morgan fingerprint density at radius 2 is 1.90 bits per heavy atom. The summed E-state index contributed by atoms with van der Waals surface area (Å²) in [5, 5.41) is 8.06. The molecule has 1 saturated carbocycles. The minimum Gasteiger partial charge on any atom is -0.354 e. The van der Waals surface area contributed by atoms with Crippen LogP contribution in [0.5, 0.6) is 0 Å². The van der Waals surface area contributed by atoms with Gasteiger partial charge in [-0.15, -0.1) is 0 Å². The standard InChI is InChI=1S/C23H32N6O/c1-22(21(30)27-13-9-23(16-27)7-2-3-8-23)14-28(15-22)20-17-4-10-24-11-5-18(17)26-19-6-12-25-29(19)20/h6,12,24H,2-5,7-11,13-16H2,1H3. The first-order valence-corrected chi connectivity index (χ1v) is 11.7. The number of hydrogen-bond donors (Lipinski definition) is 1. The van der Waals surface area contributed by atoms with Gasteiger partial charge in [0.15, 0.2) is 5.65 Å². The number of rotatable bonds is 2. The molecule has 1 amide bonds. The summed E-state index contributed by atoms with van der Waals surface area (Å²) in [5.74, 6) is 1.52. The van der Waals surface area contributed by atoms with Gasteiger partial charge in [-0.05, 0) is 44.6 Å². The molecule has 2 saturated heterocycles. The van der Waals surface area contributed by atoms with E-state index in [2.05, 4.69) is 27.1 Å². The van der Waals surface area contributed by atoms with E-state index in [0.717, 1.165) is 63.6 Å². The van der Waals surface area contributed by atoms with Crippen molar-refractivity contribution in [1.82, 2.24) is 24.8 Å². The molecular formula is C23H32N6O. The molecule has 3 aliphatic heterocycles. The van der Waals surface area contributed by atoms with E-state index in [1.54, 1.807) is 0 Å². The third-order valence-electron chi connectivity index (χ3n) is 8.07. The van der Waals surface area contributed by atoms with E-state index in [-0.39, 0.29) is 5.41 Å². The van der Waals surface area contributed by atoms with Gasteiger partial charge in [-0.25, -0.2) is 4.98 Å². The third kappa shape index (κ3) is 2.77. The van der Waals surface area contributed by atoms with Gasteiger partial charge in [-0.1, -0.05) is 12.8 Å². The van der Waals surface area contributed by atoms with Crippen LogP contribution in [0.25, 0.3) is 5.65 Å². The van der Waals surface area contributed by atoms with Crippen LogP contribution in [0.4, 0.5) is 5.82 Å². The fourth-order valence-corrected chi connectivity index (χ4v) is 6.44. The number of amides is 1. The molecule has 2 aromatic heterocycles. The molecule has 7 nitrogen and oxygen atoms in total. The third-order valence-corrected chi connectivity index (χ3v) is 8.07. The minimum absolute atomic E-state index is 0.289. The number of carbonyl (C=O) groups is 1. The van der Waals surface area contributed by atoms with Crippen LogP contribution in [0, 0.1) is 10.8 Å². The summed E-state index contributed by atoms with van der Waals surface area (Å²) < 4.78 is 1.98. The fourth-order valence-electron chi connectivity index (χ4n) is 6.44. The van der Waals surface area contributed by atoms with Crippen molar-refractivity contribution in [3.05, 3.63) is 23.5 Å². The molecule has 5 heterocycles. The summed E-state index contributed by atoms with van der Waals surface area (Å²) in [6, 6.07) is 1.98. The van der Waals surface area contributed by atoms with E-state index >= 15 is 0 Å². The van der Waals surface area contributed by atoms with Gasteiger partial charge in [0.25, 0.3) is 0 Å². The van der Waals surface area contributed by atoms with Crippen molar-refractivity contribution in [1.29, 1.82) is 0 Å². The summed E-state index contributed by atoms with van der Waals surface area (Å²) in [7, 11) is 0. The molecule has 4 aliphatic rings. The average molecular weight is 409 g/mol. The molecule has 0 atom stereocenters. The predicted octanol–water partition coefficient (Wildman–Crippen LogP) is 2.04. The van der Waals surface area contributed by atoms with Gasteiger partial charge in [0, 0.05) is 50.8 Å². The van der Waals surface area contributed by atoms with Crippen LogP contribution in [-0.4, -0.2) is 64.7 Å². The lowest BCUT2D eigenvalue weighted by molar-refractivity contribution is -0.142. The highest BCUT2D eigenvalue weighted by atomic mass is 16.2. The summed E-state index contributed by atoms with van der Waals surface area (Å²) >= 11 is 0. The lowest BCUT2D eigenvalue weighted by Crippen LogP contribution is -2.63. The molecule has 30 heavy (non-hydrogen) atoms. The molecule has 0 aromatic carbocycles. The Balaban J connectivity index is 1.25. The normalized spacial score (nSPS) is 24.8. The number of aromatic nitrogens is 3. The van der Waals surface area contributed by atoms with Crippen molar-refractivity contribution < 1.29 is 4.79 Å². The quantitative estimate of drug-likeness (QED) is 0.824. The van der Waals surface area contributed by atoms with Crippen molar-refractivity contribution in [3.63, 3.8) is 0 Å².